The minimum absolute atomic E-state index is 0.00211. The molecule has 6 aromatic rings. The van der Waals surface area contributed by atoms with Gasteiger partial charge in [-0.15, -0.1) is 0 Å². The third-order valence-electron chi connectivity index (χ3n) is 8.15. The largest absolute Gasteiger partial charge is 0.504 e. The van der Waals surface area contributed by atoms with Crippen LogP contribution in [0.15, 0.2) is 140 Å². The molecule has 0 atom stereocenters. The molecule has 0 aliphatic heterocycles. The van der Waals surface area contributed by atoms with Gasteiger partial charge in [-0.1, -0.05) is 121 Å². The van der Waals surface area contributed by atoms with E-state index in [1.54, 1.807) is 0 Å². The quantitative estimate of drug-likeness (QED) is 0.0968. The lowest BCUT2D eigenvalue weighted by Crippen LogP contribution is -2.11. The maximum atomic E-state index is 13.6. The van der Waals surface area contributed by atoms with Gasteiger partial charge in [0.15, 0.2) is 23.0 Å². The van der Waals surface area contributed by atoms with Crippen LogP contribution in [-0.2, 0) is 35.9 Å². The summed E-state index contributed by atoms with van der Waals surface area (Å²) in [6.07, 6.45) is 0. The molecule has 274 valence electrons. The Bertz CT molecular complexity index is 2160. The number of methoxy groups -OCH3 is 2. The number of esters is 2. The van der Waals surface area contributed by atoms with E-state index >= 15 is 0 Å². The summed E-state index contributed by atoms with van der Waals surface area (Å²) in [6, 6.07) is 41.7. The fourth-order valence-corrected chi connectivity index (χ4v) is 5.42. The molecule has 0 aliphatic rings. The zero-order valence-corrected chi connectivity index (χ0v) is 29.7. The van der Waals surface area contributed by atoms with Crippen LogP contribution in [0, 0.1) is 0 Å². The molecule has 0 saturated heterocycles. The van der Waals surface area contributed by atoms with E-state index in [9.17, 15) is 14.7 Å². The standard InChI is InChI=1S/C44H38O10/c1-48-43(46)34-23-36(45)40(51-27-31-17-9-4-10-18-31)38(24-34)54-39-35(44(47)49-2)25-37(50-26-30-15-7-3-8-16-30)41(52-28-32-19-11-5-12-20-32)42(39)53-29-33-21-13-6-14-22-33/h3-25,45H,26-29H2,1-2H3. The second kappa shape index (κ2) is 18.0. The Morgan fingerprint density at radius 3 is 1.35 bits per heavy atom. The highest BCUT2D eigenvalue weighted by Crippen LogP contribution is 2.52. The second-order valence-electron chi connectivity index (χ2n) is 11.9. The lowest BCUT2D eigenvalue weighted by molar-refractivity contribution is 0.0587. The summed E-state index contributed by atoms with van der Waals surface area (Å²) in [5.41, 5.74) is 3.21. The fraction of sp³-hybridized carbons (Fsp3) is 0.136. The number of phenols is 1. The van der Waals surface area contributed by atoms with Gasteiger partial charge < -0.3 is 38.3 Å². The predicted octanol–water partition coefficient (Wildman–Crippen LogP) is 9.07. The van der Waals surface area contributed by atoms with Crippen molar-refractivity contribution in [1.29, 1.82) is 0 Å². The number of carbonyl (C=O) groups excluding carboxylic acids is 2. The molecule has 0 aromatic heterocycles. The Balaban J connectivity index is 1.53. The summed E-state index contributed by atoms with van der Waals surface area (Å²) < 4.78 is 42.2. The summed E-state index contributed by atoms with van der Waals surface area (Å²) in [4.78, 5) is 26.4. The van der Waals surface area contributed by atoms with Crippen LogP contribution in [0.3, 0.4) is 0 Å². The zero-order valence-electron chi connectivity index (χ0n) is 29.7. The molecular formula is C44H38O10. The highest BCUT2D eigenvalue weighted by Gasteiger charge is 2.30. The lowest BCUT2D eigenvalue weighted by atomic mass is 10.1. The average molecular weight is 727 g/mol. The van der Waals surface area contributed by atoms with Gasteiger partial charge in [0.2, 0.25) is 17.2 Å². The molecule has 0 amide bonds. The van der Waals surface area contributed by atoms with Crippen molar-refractivity contribution in [3.05, 3.63) is 173 Å². The smallest absolute Gasteiger partial charge is 0.341 e. The van der Waals surface area contributed by atoms with Crippen molar-refractivity contribution in [2.24, 2.45) is 0 Å². The van der Waals surface area contributed by atoms with Crippen LogP contribution in [-0.4, -0.2) is 31.3 Å². The Hall–Kier alpha value is -6.94. The van der Waals surface area contributed by atoms with Gasteiger partial charge in [-0.3, -0.25) is 0 Å². The first-order valence-corrected chi connectivity index (χ1v) is 17.0. The molecule has 10 heteroatoms. The molecular weight excluding hydrogens is 688 g/mol. The lowest BCUT2D eigenvalue weighted by Gasteiger charge is -2.23. The van der Waals surface area contributed by atoms with Gasteiger partial charge in [-0.05, 0) is 34.4 Å². The van der Waals surface area contributed by atoms with E-state index in [1.165, 1.54) is 32.4 Å². The minimum Gasteiger partial charge on any atom is -0.504 e. The Morgan fingerprint density at radius 1 is 0.463 bits per heavy atom. The van der Waals surface area contributed by atoms with Crippen LogP contribution in [0.1, 0.15) is 43.0 Å². The molecule has 10 nitrogen and oxygen atoms in total. The van der Waals surface area contributed by atoms with Gasteiger partial charge >= 0.3 is 11.9 Å². The maximum absolute atomic E-state index is 13.6. The van der Waals surface area contributed by atoms with Gasteiger partial charge in [0.1, 0.15) is 32.0 Å². The van der Waals surface area contributed by atoms with E-state index in [0.717, 1.165) is 22.3 Å². The van der Waals surface area contributed by atoms with Crippen LogP contribution >= 0.6 is 0 Å². The average Bonchev–Trinajstić information content (AvgIpc) is 3.22. The van der Waals surface area contributed by atoms with Crippen LogP contribution in [0.4, 0.5) is 0 Å². The number of hydrogen-bond donors (Lipinski definition) is 1. The van der Waals surface area contributed by atoms with E-state index in [1.807, 2.05) is 121 Å². The molecule has 6 aromatic carbocycles. The van der Waals surface area contributed by atoms with E-state index in [0.29, 0.717) is 0 Å². The SMILES string of the molecule is COC(=O)c1cc(O)c(OCc2ccccc2)c(Oc2c(C(=O)OC)cc(OCc3ccccc3)c(OCc3ccccc3)c2OCc2ccccc2)c1. The van der Waals surface area contributed by atoms with Crippen molar-refractivity contribution in [3.63, 3.8) is 0 Å². The number of carbonyl (C=O) groups is 2. The first kappa shape index (κ1) is 36.8. The first-order chi connectivity index (χ1) is 26.4. The highest BCUT2D eigenvalue weighted by molar-refractivity contribution is 5.96. The van der Waals surface area contributed by atoms with Crippen LogP contribution in [0.5, 0.6) is 40.2 Å². The fourth-order valence-electron chi connectivity index (χ4n) is 5.42. The van der Waals surface area contributed by atoms with Gasteiger partial charge in [-0.25, -0.2) is 9.59 Å². The highest BCUT2D eigenvalue weighted by atomic mass is 16.6. The van der Waals surface area contributed by atoms with Crippen molar-refractivity contribution >= 4 is 11.9 Å². The van der Waals surface area contributed by atoms with Gasteiger partial charge in [-0.2, -0.15) is 0 Å². The molecule has 0 bridgehead atoms. The van der Waals surface area contributed by atoms with Crippen molar-refractivity contribution in [3.8, 4) is 40.2 Å². The number of benzene rings is 6. The van der Waals surface area contributed by atoms with Crippen LogP contribution < -0.4 is 23.7 Å². The van der Waals surface area contributed by atoms with Crippen LogP contribution in [0.25, 0.3) is 0 Å². The maximum Gasteiger partial charge on any atom is 0.341 e. The van der Waals surface area contributed by atoms with E-state index in [-0.39, 0.29) is 72.1 Å². The number of rotatable bonds is 16. The first-order valence-electron chi connectivity index (χ1n) is 17.0. The van der Waals surface area contributed by atoms with Crippen molar-refractivity contribution in [1.82, 2.24) is 0 Å². The van der Waals surface area contributed by atoms with E-state index < -0.39 is 17.7 Å². The van der Waals surface area contributed by atoms with Gasteiger partial charge in [0.05, 0.1) is 19.8 Å². The molecule has 0 spiro atoms. The summed E-state index contributed by atoms with van der Waals surface area (Å²) >= 11 is 0. The number of ether oxygens (including phenoxy) is 7. The summed E-state index contributed by atoms with van der Waals surface area (Å²) in [5, 5.41) is 11.2. The molecule has 0 heterocycles. The molecule has 1 N–H and O–H groups in total. The molecule has 0 fully saturated rings. The minimum atomic E-state index is -0.783. The normalized spacial score (nSPS) is 10.6. The topological polar surface area (TPSA) is 119 Å². The number of aromatic hydroxyl groups is 1. The summed E-state index contributed by atoms with van der Waals surface area (Å²) in [7, 11) is 2.45. The van der Waals surface area contributed by atoms with E-state index in [2.05, 4.69) is 0 Å². The number of phenolic OH excluding ortho intramolecular Hbond substituents is 1. The van der Waals surface area contributed by atoms with Gasteiger partial charge in [0.25, 0.3) is 0 Å². The third kappa shape index (κ3) is 9.29. The Morgan fingerprint density at radius 2 is 0.889 bits per heavy atom. The molecule has 0 saturated carbocycles. The molecule has 54 heavy (non-hydrogen) atoms. The molecule has 6 rings (SSSR count). The van der Waals surface area contributed by atoms with Crippen LogP contribution in [0.2, 0.25) is 0 Å². The Labute approximate surface area is 313 Å². The van der Waals surface area contributed by atoms with Crippen molar-refractivity contribution in [2.45, 2.75) is 26.4 Å². The van der Waals surface area contributed by atoms with Crippen molar-refractivity contribution < 1.29 is 47.9 Å². The second-order valence-corrected chi connectivity index (χ2v) is 11.9. The zero-order chi connectivity index (χ0) is 37.7. The van der Waals surface area contributed by atoms with E-state index in [4.69, 9.17) is 33.2 Å². The van der Waals surface area contributed by atoms with Crippen molar-refractivity contribution in [2.75, 3.05) is 14.2 Å². The molecule has 0 unspecified atom stereocenters. The Kier molecular flexibility index (Phi) is 12.3. The number of hydrogen-bond acceptors (Lipinski definition) is 10. The third-order valence-corrected chi connectivity index (χ3v) is 8.15. The summed E-state index contributed by atoms with van der Waals surface area (Å²) in [5.74, 6) is -1.98. The monoisotopic (exact) mass is 726 g/mol. The van der Waals surface area contributed by atoms with Gasteiger partial charge in [0, 0.05) is 6.07 Å². The molecule has 0 aliphatic carbocycles. The predicted molar refractivity (Wildman–Crippen MR) is 200 cm³/mol. The molecule has 0 radical (unpaired) electrons. The summed E-state index contributed by atoms with van der Waals surface area (Å²) in [6.45, 7) is 0.313.